The monoisotopic (exact) mass is 669 g/mol. The van der Waals surface area contributed by atoms with Gasteiger partial charge in [0.1, 0.15) is 17.5 Å². The maximum Gasteiger partial charge on any atom is 0.331 e. The van der Waals surface area contributed by atoms with Gasteiger partial charge in [-0.1, -0.05) is 6.07 Å². The first-order valence-corrected chi connectivity index (χ1v) is 17.7. The van der Waals surface area contributed by atoms with Gasteiger partial charge in [0, 0.05) is 78.7 Å². The Morgan fingerprint density at radius 3 is 1.57 bits per heavy atom. The summed E-state index contributed by atoms with van der Waals surface area (Å²) >= 11 is 0. The summed E-state index contributed by atoms with van der Waals surface area (Å²) in [5, 5.41) is 0. The maximum atomic E-state index is 11.2. The first kappa shape index (κ1) is 31.9. The highest BCUT2D eigenvalue weighted by Crippen LogP contribution is 2.33. The zero-order valence-corrected chi connectivity index (χ0v) is 27.6. The average molecular weight is 670 g/mol. The number of nitrogens with zero attached hydrogens (tertiary/aromatic N) is 7. The molecule has 1 aromatic carbocycles. The van der Waals surface area contributed by atoms with Crippen molar-refractivity contribution in [1.82, 2.24) is 14.5 Å². The third-order valence-electron chi connectivity index (χ3n) is 8.32. The van der Waals surface area contributed by atoms with Crippen LogP contribution in [0, 0.1) is 0 Å². The van der Waals surface area contributed by atoms with Crippen LogP contribution in [0.4, 0.5) is 0 Å². The minimum atomic E-state index is -4.02. The van der Waals surface area contributed by atoms with Crippen molar-refractivity contribution in [2.24, 2.45) is 0 Å². The van der Waals surface area contributed by atoms with Crippen LogP contribution in [0.5, 0.6) is 0 Å². The quantitative estimate of drug-likeness (QED) is 0.160. The Kier molecular flexibility index (Phi) is 9.25. The molecular formula is C38H36N7O3P+4. The van der Waals surface area contributed by atoms with E-state index in [1.165, 1.54) is 0 Å². The standard InChI is InChI=1S/C38H34N7O3P/c46-49(47,48)27-26-41-17-8-31(9-18-41)32-10-19-42(20-11-32)28-35-2-1-3-36(40-35)29-43-21-12-33(13-22-43)34-14-23-44(24-15-34)37-4-6-38(7-5-37)45-25-16-39-30-45/h1-25,30H,26-29H2/q+2/p+2. The summed E-state index contributed by atoms with van der Waals surface area (Å²) in [6.45, 7) is 1.59. The van der Waals surface area contributed by atoms with Crippen molar-refractivity contribution in [1.29, 1.82) is 0 Å². The van der Waals surface area contributed by atoms with Gasteiger partial charge in [-0.25, -0.2) is 14.5 Å². The molecule has 0 aliphatic carbocycles. The van der Waals surface area contributed by atoms with E-state index in [4.69, 9.17) is 14.8 Å². The predicted octanol–water partition coefficient (Wildman–Crippen LogP) is 4.01. The van der Waals surface area contributed by atoms with E-state index in [2.05, 4.69) is 116 Å². The van der Waals surface area contributed by atoms with E-state index >= 15 is 0 Å². The SMILES string of the molecule is O=P(O)(O)CC[n+]1ccc(-c2cc[n+](Cc3cccc(C[n+]4ccc(-c5cc[n+](-c6ccc(-n7ccnc7)cc6)cc5)cc4)n3)cc2)cc1. The van der Waals surface area contributed by atoms with Crippen molar-refractivity contribution >= 4 is 7.60 Å². The smallest absolute Gasteiger partial charge is 0.324 e. The van der Waals surface area contributed by atoms with E-state index in [0.29, 0.717) is 13.1 Å². The van der Waals surface area contributed by atoms with Crippen LogP contribution < -0.4 is 18.3 Å². The molecule has 0 fully saturated rings. The number of imidazole rings is 1. The van der Waals surface area contributed by atoms with Crippen molar-refractivity contribution in [3.05, 3.63) is 171 Å². The van der Waals surface area contributed by atoms with Crippen LogP contribution >= 0.6 is 7.60 Å². The fourth-order valence-corrected chi connectivity index (χ4v) is 6.13. The third kappa shape index (κ3) is 8.25. The lowest BCUT2D eigenvalue weighted by atomic mass is 10.1. The maximum absolute atomic E-state index is 11.2. The summed E-state index contributed by atoms with van der Waals surface area (Å²) in [6.07, 6.45) is 21.4. The van der Waals surface area contributed by atoms with Gasteiger partial charge in [0.25, 0.3) is 0 Å². The van der Waals surface area contributed by atoms with Crippen LogP contribution in [-0.2, 0) is 24.2 Å². The molecule has 2 N–H and O–H groups in total. The Morgan fingerprint density at radius 2 is 1.10 bits per heavy atom. The fourth-order valence-electron chi connectivity index (χ4n) is 5.63. The molecule has 0 radical (unpaired) electrons. The third-order valence-corrected chi connectivity index (χ3v) is 9.11. The van der Waals surface area contributed by atoms with E-state index in [1.54, 1.807) is 17.1 Å². The number of aryl methyl sites for hydroxylation is 1. The van der Waals surface area contributed by atoms with Gasteiger partial charge in [0.15, 0.2) is 69.2 Å². The van der Waals surface area contributed by atoms with Crippen molar-refractivity contribution in [2.45, 2.75) is 19.6 Å². The molecule has 0 atom stereocenters. The molecule has 49 heavy (non-hydrogen) atoms. The highest BCUT2D eigenvalue weighted by atomic mass is 31.2. The second-order valence-corrected chi connectivity index (χ2v) is 13.6. The van der Waals surface area contributed by atoms with Crippen LogP contribution in [0.3, 0.4) is 0 Å². The molecule has 0 saturated heterocycles. The normalized spacial score (nSPS) is 11.5. The van der Waals surface area contributed by atoms with Gasteiger partial charge in [-0.05, 0) is 46.5 Å². The number of rotatable bonds is 11. The summed E-state index contributed by atoms with van der Waals surface area (Å²) in [7, 11) is -4.02. The molecule has 0 aliphatic rings. The van der Waals surface area contributed by atoms with E-state index in [-0.39, 0.29) is 12.7 Å². The summed E-state index contributed by atoms with van der Waals surface area (Å²) in [5.41, 5.74) is 8.53. The minimum Gasteiger partial charge on any atom is -0.324 e. The van der Waals surface area contributed by atoms with Gasteiger partial charge in [-0.3, -0.25) is 4.57 Å². The van der Waals surface area contributed by atoms with Crippen molar-refractivity contribution < 1.29 is 32.6 Å². The first-order valence-electron chi connectivity index (χ1n) is 15.9. The largest absolute Gasteiger partial charge is 0.331 e. The summed E-state index contributed by atoms with van der Waals surface area (Å²) in [5.74, 6) is 0. The van der Waals surface area contributed by atoms with Gasteiger partial charge in [-0.2, -0.15) is 13.7 Å². The van der Waals surface area contributed by atoms with E-state index in [1.807, 2.05) is 53.8 Å². The van der Waals surface area contributed by atoms with E-state index in [0.717, 1.165) is 45.0 Å². The molecule has 6 aromatic heterocycles. The van der Waals surface area contributed by atoms with Gasteiger partial charge < -0.3 is 14.4 Å². The Labute approximate surface area is 284 Å². The number of hydrogen-bond donors (Lipinski definition) is 2. The number of benzene rings is 1. The van der Waals surface area contributed by atoms with Gasteiger partial charge >= 0.3 is 7.60 Å². The van der Waals surface area contributed by atoms with Crippen LogP contribution in [0.1, 0.15) is 11.4 Å². The molecule has 0 bridgehead atoms. The number of pyridine rings is 5. The van der Waals surface area contributed by atoms with Crippen molar-refractivity contribution in [3.8, 4) is 33.6 Å². The molecule has 0 saturated carbocycles. The lowest BCUT2D eigenvalue weighted by molar-refractivity contribution is -0.692. The van der Waals surface area contributed by atoms with E-state index in [9.17, 15) is 4.57 Å². The zero-order chi connectivity index (χ0) is 33.6. The van der Waals surface area contributed by atoms with Gasteiger partial charge in [0.2, 0.25) is 5.69 Å². The van der Waals surface area contributed by atoms with Gasteiger partial charge in [-0.15, -0.1) is 0 Å². The van der Waals surface area contributed by atoms with Crippen LogP contribution in [0.2, 0.25) is 0 Å². The molecule has 6 heterocycles. The van der Waals surface area contributed by atoms with Gasteiger partial charge in [0.05, 0.1) is 6.33 Å². The lowest BCUT2D eigenvalue weighted by Crippen LogP contribution is -2.35. The van der Waals surface area contributed by atoms with Crippen molar-refractivity contribution in [2.75, 3.05) is 6.16 Å². The summed E-state index contributed by atoms with van der Waals surface area (Å²) < 4.78 is 21.3. The number of aromatic nitrogens is 7. The molecule has 0 aliphatic heterocycles. The Morgan fingerprint density at radius 1 is 0.612 bits per heavy atom. The number of hydrogen-bond acceptors (Lipinski definition) is 3. The minimum absolute atomic E-state index is 0.177. The van der Waals surface area contributed by atoms with E-state index < -0.39 is 7.60 Å². The molecule has 0 spiro atoms. The highest BCUT2D eigenvalue weighted by molar-refractivity contribution is 7.51. The van der Waals surface area contributed by atoms with Crippen LogP contribution in [-0.4, -0.2) is 30.5 Å². The first-order chi connectivity index (χ1) is 23.8. The van der Waals surface area contributed by atoms with Crippen molar-refractivity contribution in [3.63, 3.8) is 0 Å². The molecular weight excluding hydrogens is 633 g/mol. The average Bonchev–Trinajstić information content (AvgIpc) is 3.67. The Hall–Kier alpha value is -5.67. The fraction of sp³-hybridized carbons (Fsp3) is 0.105. The molecule has 0 unspecified atom stereocenters. The van der Waals surface area contributed by atoms with Crippen LogP contribution in [0.25, 0.3) is 33.6 Å². The topological polar surface area (TPSA) is 104 Å². The zero-order valence-electron chi connectivity index (χ0n) is 26.7. The highest BCUT2D eigenvalue weighted by Gasteiger charge is 2.16. The second-order valence-electron chi connectivity index (χ2n) is 11.8. The Balaban J connectivity index is 0.949. The predicted molar refractivity (Wildman–Crippen MR) is 182 cm³/mol. The Bertz CT molecular complexity index is 2180. The molecule has 7 rings (SSSR count). The molecule has 0 amide bonds. The lowest BCUT2D eigenvalue weighted by Gasteiger charge is -2.04. The molecule has 11 heteroatoms. The molecule has 7 aromatic rings. The summed E-state index contributed by atoms with van der Waals surface area (Å²) in [4.78, 5) is 27.3. The molecule has 242 valence electrons. The molecule has 10 nitrogen and oxygen atoms in total. The second kappa shape index (κ2) is 14.2. The summed E-state index contributed by atoms with van der Waals surface area (Å²) in [6, 6.07) is 31.1. The van der Waals surface area contributed by atoms with Crippen LogP contribution in [0.15, 0.2) is 159 Å².